The molecule has 3 rings (SSSR count). The Balaban J connectivity index is 1.62. The van der Waals surface area contributed by atoms with E-state index in [0.717, 1.165) is 25.3 Å². The Hall–Kier alpha value is -2.40. The Bertz CT molecular complexity index is 732. The topological polar surface area (TPSA) is 45.7 Å². The van der Waals surface area contributed by atoms with Crippen molar-refractivity contribution >= 4 is 6.09 Å². The first kappa shape index (κ1) is 18.4. The van der Waals surface area contributed by atoms with Crippen LogP contribution in [0, 0.1) is 0 Å². The van der Waals surface area contributed by atoms with E-state index in [1.807, 2.05) is 51.2 Å². The van der Waals surface area contributed by atoms with Crippen LogP contribution in [0.3, 0.4) is 0 Å². The SMILES string of the molecule is CC(C)(C)OC(=O)N1CCN(Cc2ccccc2-c2ccccn2)CC1. The van der Waals surface area contributed by atoms with Gasteiger partial charge in [0.25, 0.3) is 0 Å². The highest BCUT2D eigenvalue weighted by molar-refractivity contribution is 5.68. The van der Waals surface area contributed by atoms with Gasteiger partial charge < -0.3 is 9.64 Å². The fourth-order valence-electron chi connectivity index (χ4n) is 3.09. The Morgan fingerprint density at radius 2 is 1.73 bits per heavy atom. The van der Waals surface area contributed by atoms with E-state index in [1.165, 1.54) is 11.1 Å². The van der Waals surface area contributed by atoms with Gasteiger partial charge in [0.2, 0.25) is 0 Å². The number of ether oxygens (including phenoxy) is 1. The zero-order valence-electron chi connectivity index (χ0n) is 15.8. The summed E-state index contributed by atoms with van der Waals surface area (Å²) in [5.74, 6) is 0. The number of rotatable bonds is 3. The molecule has 1 aromatic carbocycles. The number of pyridine rings is 1. The average molecular weight is 353 g/mol. The normalized spacial score (nSPS) is 15.7. The van der Waals surface area contributed by atoms with E-state index in [-0.39, 0.29) is 6.09 Å². The third-order valence-electron chi connectivity index (χ3n) is 4.38. The maximum absolute atomic E-state index is 12.2. The summed E-state index contributed by atoms with van der Waals surface area (Å²) < 4.78 is 5.47. The van der Waals surface area contributed by atoms with E-state index in [4.69, 9.17) is 4.74 Å². The van der Waals surface area contributed by atoms with E-state index in [9.17, 15) is 4.79 Å². The molecule has 1 aliphatic rings. The lowest BCUT2D eigenvalue weighted by Gasteiger charge is -2.35. The van der Waals surface area contributed by atoms with Gasteiger partial charge >= 0.3 is 6.09 Å². The van der Waals surface area contributed by atoms with Crippen LogP contribution in [0.2, 0.25) is 0 Å². The maximum atomic E-state index is 12.2. The first-order valence-corrected chi connectivity index (χ1v) is 9.12. The van der Waals surface area contributed by atoms with Gasteiger partial charge in [-0.15, -0.1) is 0 Å². The van der Waals surface area contributed by atoms with Crippen LogP contribution in [0.25, 0.3) is 11.3 Å². The van der Waals surface area contributed by atoms with Crippen LogP contribution >= 0.6 is 0 Å². The number of benzene rings is 1. The lowest BCUT2D eigenvalue weighted by molar-refractivity contribution is 0.0139. The number of amides is 1. The lowest BCUT2D eigenvalue weighted by Crippen LogP contribution is -2.49. The first-order chi connectivity index (χ1) is 12.4. The summed E-state index contributed by atoms with van der Waals surface area (Å²) in [4.78, 5) is 20.9. The van der Waals surface area contributed by atoms with E-state index in [2.05, 4.69) is 28.1 Å². The molecule has 0 atom stereocenters. The second kappa shape index (κ2) is 7.87. The molecule has 0 aliphatic carbocycles. The predicted molar refractivity (Wildman–Crippen MR) is 103 cm³/mol. The van der Waals surface area contributed by atoms with Gasteiger partial charge in [-0.05, 0) is 38.5 Å². The molecule has 1 amide bonds. The van der Waals surface area contributed by atoms with Crippen molar-refractivity contribution in [3.05, 3.63) is 54.2 Å². The monoisotopic (exact) mass is 353 g/mol. The van der Waals surface area contributed by atoms with Gasteiger partial charge in [-0.2, -0.15) is 0 Å². The number of hydrogen-bond acceptors (Lipinski definition) is 4. The molecule has 0 saturated carbocycles. The minimum atomic E-state index is -0.449. The highest BCUT2D eigenvalue weighted by Crippen LogP contribution is 2.23. The number of hydrogen-bond donors (Lipinski definition) is 0. The molecule has 1 fully saturated rings. The van der Waals surface area contributed by atoms with E-state index >= 15 is 0 Å². The molecule has 138 valence electrons. The minimum absolute atomic E-state index is 0.217. The number of nitrogens with zero attached hydrogens (tertiary/aromatic N) is 3. The van der Waals surface area contributed by atoms with Crippen LogP contribution < -0.4 is 0 Å². The van der Waals surface area contributed by atoms with Gasteiger partial charge in [0.05, 0.1) is 5.69 Å². The molecule has 0 bridgehead atoms. The second-order valence-electron chi connectivity index (χ2n) is 7.62. The summed E-state index contributed by atoms with van der Waals surface area (Å²) in [6.45, 7) is 9.63. The molecular weight excluding hydrogens is 326 g/mol. The maximum Gasteiger partial charge on any atom is 0.410 e. The van der Waals surface area contributed by atoms with E-state index < -0.39 is 5.60 Å². The molecule has 1 aromatic heterocycles. The van der Waals surface area contributed by atoms with Crippen LogP contribution in [0.15, 0.2) is 48.7 Å². The molecule has 0 N–H and O–H groups in total. The van der Waals surface area contributed by atoms with Crippen LogP contribution in [-0.4, -0.2) is 52.7 Å². The van der Waals surface area contributed by atoms with Crippen molar-refractivity contribution in [2.45, 2.75) is 32.9 Å². The number of piperazine rings is 1. The standard InChI is InChI=1S/C21H27N3O2/c1-21(2,3)26-20(25)24-14-12-23(13-15-24)16-17-8-4-5-9-18(17)19-10-6-7-11-22-19/h4-11H,12-16H2,1-3H3. The quantitative estimate of drug-likeness (QED) is 0.842. The van der Waals surface area contributed by atoms with Crippen molar-refractivity contribution in [1.29, 1.82) is 0 Å². The highest BCUT2D eigenvalue weighted by Gasteiger charge is 2.26. The van der Waals surface area contributed by atoms with E-state index in [1.54, 1.807) is 4.90 Å². The zero-order chi connectivity index (χ0) is 18.6. The Kier molecular flexibility index (Phi) is 5.57. The molecule has 0 unspecified atom stereocenters. The number of carbonyl (C=O) groups is 1. The van der Waals surface area contributed by atoms with Gasteiger partial charge in [-0.3, -0.25) is 9.88 Å². The Morgan fingerprint density at radius 1 is 1.04 bits per heavy atom. The molecule has 26 heavy (non-hydrogen) atoms. The third kappa shape index (κ3) is 4.82. The van der Waals surface area contributed by atoms with Crippen molar-refractivity contribution in [1.82, 2.24) is 14.8 Å². The summed E-state index contributed by atoms with van der Waals surface area (Å²) in [5.41, 5.74) is 2.98. The molecule has 2 heterocycles. The third-order valence-corrected chi connectivity index (χ3v) is 4.38. The summed E-state index contributed by atoms with van der Waals surface area (Å²) >= 11 is 0. The highest BCUT2D eigenvalue weighted by atomic mass is 16.6. The van der Waals surface area contributed by atoms with Crippen LogP contribution in [0.1, 0.15) is 26.3 Å². The first-order valence-electron chi connectivity index (χ1n) is 9.12. The van der Waals surface area contributed by atoms with Gasteiger partial charge in [0.1, 0.15) is 5.60 Å². The largest absolute Gasteiger partial charge is 0.444 e. The van der Waals surface area contributed by atoms with Crippen molar-refractivity contribution < 1.29 is 9.53 Å². The molecule has 5 heteroatoms. The molecule has 1 saturated heterocycles. The summed E-state index contributed by atoms with van der Waals surface area (Å²) in [7, 11) is 0. The van der Waals surface area contributed by atoms with Gasteiger partial charge in [-0.25, -0.2) is 4.79 Å². The van der Waals surface area contributed by atoms with Crippen molar-refractivity contribution in [2.24, 2.45) is 0 Å². The summed E-state index contributed by atoms with van der Waals surface area (Å²) in [6.07, 6.45) is 1.61. The predicted octanol–water partition coefficient (Wildman–Crippen LogP) is 3.80. The smallest absolute Gasteiger partial charge is 0.410 e. The van der Waals surface area contributed by atoms with Crippen molar-refractivity contribution in [3.63, 3.8) is 0 Å². The van der Waals surface area contributed by atoms with Crippen LogP contribution in [0.5, 0.6) is 0 Å². The fraction of sp³-hybridized carbons (Fsp3) is 0.429. The molecule has 0 radical (unpaired) electrons. The van der Waals surface area contributed by atoms with Crippen LogP contribution in [0.4, 0.5) is 4.79 Å². The molecule has 5 nitrogen and oxygen atoms in total. The number of aromatic nitrogens is 1. The van der Waals surface area contributed by atoms with Crippen LogP contribution in [-0.2, 0) is 11.3 Å². The average Bonchev–Trinajstić information content (AvgIpc) is 2.62. The minimum Gasteiger partial charge on any atom is -0.444 e. The number of carbonyl (C=O) groups excluding carboxylic acids is 1. The fourth-order valence-corrected chi connectivity index (χ4v) is 3.09. The zero-order valence-corrected chi connectivity index (χ0v) is 15.8. The summed E-state index contributed by atoms with van der Waals surface area (Å²) in [6, 6.07) is 14.4. The Labute approximate surface area is 155 Å². The van der Waals surface area contributed by atoms with Gasteiger partial charge in [0, 0.05) is 44.5 Å². The van der Waals surface area contributed by atoms with Crippen molar-refractivity contribution in [3.8, 4) is 11.3 Å². The van der Waals surface area contributed by atoms with Crippen molar-refractivity contribution in [2.75, 3.05) is 26.2 Å². The molecule has 1 aliphatic heterocycles. The van der Waals surface area contributed by atoms with Gasteiger partial charge in [0.15, 0.2) is 0 Å². The molecule has 2 aromatic rings. The second-order valence-corrected chi connectivity index (χ2v) is 7.62. The summed E-state index contributed by atoms with van der Waals surface area (Å²) in [5, 5.41) is 0. The molecule has 0 spiro atoms. The van der Waals surface area contributed by atoms with Gasteiger partial charge in [-0.1, -0.05) is 30.3 Å². The molecular formula is C21H27N3O2. The Morgan fingerprint density at radius 3 is 2.38 bits per heavy atom. The van der Waals surface area contributed by atoms with E-state index in [0.29, 0.717) is 13.1 Å². The lowest BCUT2D eigenvalue weighted by atomic mass is 10.0.